The van der Waals surface area contributed by atoms with Crippen LogP contribution in [0.15, 0.2) is 24.4 Å². The molecule has 0 unspecified atom stereocenters. The van der Waals surface area contributed by atoms with Crippen LogP contribution in [0.3, 0.4) is 0 Å². The summed E-state index contributed by atoms with van der Waals surface area (Å²) in [6.07, 6.45) is 1.36. The van der Waals surface area contributed by atoms with Gasteiger partial charge in [-0.3, -0.25) is 9.48 Å². The predicted octanol–water partition coefficient (Wildman–Crippen LogP) is 3.58. The highest BCUT2D eigenvalue weighted by Gasteiger charge is 2.22. The van der Waals surface area contributed by atoms with Crippen molar-refractivity contribution in [2.45, 2.75) is 13.5 Å². The molecule has 0 amide bonds. The Bertz CT molecular complexity index is 610. The predicted molar refractivity (Wildman–Crippen MR) is 67.8 cm³/mol. The second kappa shape index (κ2) is 5.08. The van der Waals surface area contributed by atoms with Crippen LogP contribution in [0.4, 0.5) is 4.39 Å². The molecule has 6 heteroatoms. The van der Waals surface area contributed by atoms with Crippen molar-refractivity contribution in [3.63, 3.8) is 0 Å². The zero-order valence-electron chi connectivity index (χ0n) is 9.45. The van der Waals surface area contributed by atoms with E-state index in [9.17, 15) is 9.18 Å². The molecule has 0 radical (unpaired) electrons. The van der Waals surface area contributed by atoms with Crippen molar-refractivity contribution in [2.75, 3.05) is 0 Å². The number of aromatic nitrogens is 2. The van der Waals surface area contributed by atoms with Crippen LogP contribution in [-0.4, -0.2) is 15.6 Å². The van der Waals surface area contributed by atoms with E-state index in [1.54, 1.807) is 0 Å². The summed E-state index contributed by atoms with van der Waals surface area (Å²) in [4.78, 5) is 12.2. The fourth-order valence-electron chi connectivity index (χ4n) is 1.63. The molecular weight excluding hydrogens is 278 g/mol. The Balaban J connectivity index is 2.55. The van der Waals surface area contributed by atoms with Crippen LogP contribution < -0.4 is 0 Å². The SMILES string of the molecule is CCn1ncc(Cl)c1C(=O)c1cccc(Cl)c1F. The minimum absolute atomic E-state index is 0.0977. The Hall–Kier alpha value is -1.39. The maximum atomic E-state index is 13.8. The van der Waals surface area contributed by atoms with Crippen molar-refractivity contribution in [1.82, 2.24) is 9.78 Å². The molecule has 2 aromatic rings. The Morgan fingerprint density at radius 1 is 1.39 bits per heavy atom. The van der Waals surface area contributed by atoms with E-state index in [1.165, 1.54) is 29.1 Å². The molecule has 0 aliphatic carbocycles. The van der Waals surface area contributed by atoms with Gasteiger partial charge in [0.2, 0.25) is 5.78 Å². The standard InChI is InChI=1S/C12H9Cl2FN2O/c1-2-17-11(9(14)6-16-17)12(18)7-4-3-5-8(13)10(7)15/h3-6H,2H2,1H3. The summed E-state index contributed by atoms with van der Waals surface area (Å²) in [6, 6.07) is 4.26. The Morgan fingerprint density at radius 2 is 2.11 bits per heavy atom. The van der Waals surface area contributed by atoms with E-state index in [0.717, 1.165) is 0 Å². The van der Waals surface area contributed by atoms with Gasteiger partial charge in [-0.2, -0.15) is 5.10 Å². The van der Waals surface area contributed by atoms with Crippen molar-refractivity contribution in [2.24, 2.45) is 0 Å². The molecule has 1 aromatic carbocycles. The molecule has 0 aliphatic rings. The lowest BCUT2D eigenvalue weighted by molar-refractivity contribution is 0.102. The van der Waals surface area contributed by atoms with Crippen LogP contribution in [-0.2, 0) is 6.54 Å². The van der Waals surface area contributed by atoms with Gasteiger partial charge in [0.15, 0.2) is 5.82 Å². The van der Waals surface area contributed by atoms with Gasteiger partial charge >= 0.3 is 0 Å². The summed E-state index contributed by atoms with van der Waals surface area (Å²) in [5.41, 5.74) is 0.0555. The number of carbonyl (C=O) groups is 1. The molecule has 0 bridgehead atoms. The number of rotatable bonds is 3. The van der Waals surface area contributed by atoms with Gasteiger partial charge in [0, 0.05) is 6.54 Å². The van der Waals surface area contributed by atoms with Crippen molar-refractivity contribution in [3.05, 3.63) is 51.5 Å². The van der Waals surface area contributed by atoms with Crippen molar-refractivity contribution >= 4 is 29.0 Å². The number of hydrogen-bond acceptors (Lipinski definition) is 2. The number of aryl methyl sites for hydroxylation is 1. The van der Waals surface area contributed by atoms with Crippen LogP contribution in [0.1, 0.15) is 23.0 Å². The molecule has 0 N–H and O–H groups in total. The van der Waals surface area contributed by atoms with Gasteiger partial charge in [-0.1, -0.05) is 29.3 Å². The Labute approximate surface area is 113 Å². The fraction of sp³-hybridized carbons (Fsp3) is 0.167. The van der Waals surface area contributed by atoms with Crippen molar-refractivity contribution < 1.29 is 9.18 Å². The zero-order chi connectivity index (χ0) is 13.3. The van der Waals surface area contributed by atoms with Gasteiger partial charge < -0.3 is 0 Å². The van der Waals surface area contributed by atoms with Crippen LogP contribution in [0.5, 0.6) is 0 Å². The average molecular weight is 287 g/mol. The van der Waals surface area contributed by atoms with E-state index in [2.05, 4.69) is 5.10 Å². The highest BCUT2D eigenvalue weighted by molar-refractivity contribution is 6.35. The van der Waals surface area contributed by atoms with Gasteiger partial charge in [-0.15, -0.1) is 0 Å². The summed E-state index contributed by atoms with van der Waals surface area (Å²) >= 11 is 11.6. The topological polar surface area (TPSA) is 34.9 Å². The van der Waals surface area contributed by atoms with Crippen LogP contribution >= 0.6 is 23.2 Å². The minimum Gasteiger partial charge on any atom is -0.287 e. The molecule has 0 saturated carbocycles. The van der Waals surface area contributed by atoms with Gasteiger partial charge in [-0.05, 0) is 19.1 Å². The van der Waals surface area contributed by atoms with E-state index in [-0.39, 0.29) is 21.3 Å². The van der Waals surface area contributed by atoms with Crippen molar-refractivity contribution in [1.29, 1.82) is 0 Å². The molecule has 0 saturated heterocycles. The van der Waals surface area contributed by atoms with Gasteiger partial charge in [-0.25, -0.2) is 4.39 Å². The molecule has 1 heterocycles. The number of hydrogen-bond donors (Lipinski definition) is 0. The highest BCUT2D eigenvalue weighted by Crippen LogP contribution is 2.24. The third kappa shape index (κ3) is 2.13. The number of carbonyl (C=O) groups excluding carboxylic acids is 1. The molecule has 3 nitrogen and oxygen atoms in total. The molecule has 2 rings (SSSR count). The molecule has 94 valence electrons. The lowest BCUT2D eigenvalue weighted by atomic mass is 10.1. The van der Waals surface area contributed by atoms with E-state index in [4.69, 9.17) is 23.2 Å². The second-order valence-electron chi connectivity index (χ2n) is 3.59. The Kier molecular flexibility index (Phi) is 3.68. The third-order valence-electron chi connectivity index (χ3n) is 2.51. The van der Waals surface area contributed by atoms with Gasteiger partial charge in [0.1, 0.15) is 5.69 Å². The summed E-state index contributed by atoms with van der Waals surface area (Å²) in [7, 11) is 0. The molecule has 0 atom stereocenters. The smallest absolute Gasteiger partial charge is 0.215 e. The summed E-state index contributed by atoms with van der Waals surface area (Å²) in [6.45, 7) is 2.28. The van der Waals surface area contributed by atoms with E-state index < -0.39 is 11.6 Å². The van der Waals surface area contributed by atoms with Crippen LogP contribution in [0.2, 0.25) is 10.0 Å². The van der Waals surface area contributed by atoms with Crippen molar-refractivity contribution in [3.8, 4) is 0 Å². The first-order chi connectivity index (χ1) is 8.56. The van der Waals surface area contributed by atoms with E-state index in [0.29, 0.717) is 6.54 Å². The molecule has 0 aliphatic heterocycles. The zero-order valence-corrected chi connectivity index (χ0v) is 11.0. The summed E-state index contributed by atoms with van der Waals surface area (Å²) in [5, 5.41) is 4.04. The fourth-order valence-corrected chi connectivity index (χ4v) is 2.04. The Morgan fingerprint density at radius 3 is 2.78 bits per heavy atom. The van der Waals surface area contributed by atoms with Gasteiger partial charge in [0.25, 0.3) is 0 Å². The summed E-state index contributed by atoms with van der Waals surface area (Å²) < 4.78 is 15.2. The third-order valence-corrected chi connectivity index (χ3v) is 3.07. The van der Waals surface area contributed by atoms with E-state index in [1.807, 2.05) is 6.92 Å². The molecular formula is C12H9Cl2FN2O. The number of ketones is 1. The first-order valence-corrected chi connectivity index (χ1v) is 6.01. The monoisotopic (exact) mass is 286 g/mol. The number of benzene rings is 1. The lowest BCUT2D eigenvalue weighted by Gasteiger charge is -2.06. The maximum Gasteiger partial charge on any atom is 0.215 e. The minimum atomic E-state index is -0.746. The highest BCUT2D eigenvalue weighted by atomic mass is 35.5. The summed E-state index contributed by atoms with van der Waals surface area (Å²) in [5.74, 6) is -1.27. The molecule has 0 fully saturated rings. The van der Waals surface area contributed by atoms with Gasteiger partial charge in [0.05, 0.1) is 21.8 Å². The second-order valence-corrected chi connectivity index (χ2v) is 4.40. The lowest BCUT2D eigenvalue weighted by Crippen LogP contribution is -2.12. The maximum absolute atomic E-state index is 13.8. The quantitative estimate of drug-likeness (QED) is 0.809. The van der Waals surface area contributed by atoms with Crippen LogP contribution in [0.25, 0.3) is 0 Å². The first kappa shape index (κ1) is 13.1. The first-order valence-electron chi connectivity index (χ1n) is 5.26. The number of nitrogens with zero attached hydrogens (tertiary/aromatic N) is 2. The number of halogens is 3. The van der Waals surface area contributed by atoms with E-state index >= 15 is 0 Å². The average Bonchev–Trinajstić information content (AvgIpc) is 2.73. The largest absolute Gasteiger partial charge is 0.287 e. The molecule has 1 aromatic heterocycles. The molecule has 0 spiro atoms. The normalized spacial score (nSPS) is 10.7. The molecule has 18 heavy (non-hydrogen) atoms. The van der Waals surface area contributed by atoms with Crippen LogP contribution in [0, 0.1) is 5.82 Å².